The molecule has 8 heteroatoms. The van der Waals surface area contributed by atoms with E-state index < -0.39 is 17.8 Å². The van der Waals surface area contributed by atoms with Crippen LogP contribution in [0, 0.1) is 11.5 Å². The molecule has 0 aromatic carbocycles. The van der Waals surface area contributed by atoms with Crippen LogP contribution < -0.4 is 10.1 Å². The van der Waals surface area contributed by atoms with E-state index in [0.717, 1.165) is 0 Å². The first-order chi connectivity index (χ1) is 7.47. The molecule has 1 rings (SSSR count). The maximum atomic E-state index is 12.4. The quantitative estimate of drug-likeness (QED) is 0.635. The van der Waals surface area contributed by atoms with Crippen LogP contribution in [0.4, 0.5) is 19.1 Å². The molecule has 1 heterocycles. The lowest BCUT2D eigenvalue weighted by Gasteiger charge is -2.09. The third-order valence-electron chi connectivity index (χ3n) is 1.45. The molecule has 1 N–H and O–H groups in total. The van der Waals surface area contributed by atoms with Gasteiger partial charge in [0.2, 0.25) is 11.8 Å². The topological polar surface area (TPSA) is 70.8 Å². The van der Waals surface area contributed by atoms with E-state index in [0.29, 0.717) is 6.07 Å². The maximum absolute atomic E-state index is 12.4. The largest absolute Gasteiger partial charge is 0.478 e. The molecule has 16 heavy (non-hydrogen) atoms. The van der Waals surface area contributed by atoms with Crippen LogP contribution in [0.1, 0.15) is 12.6 Å². The number of nitrogens with zero attached hydrogens (tertiary/aromatic N) is 3. The van der Waals surface area contributed by atoms with Crippen LogP contribution in [-0.4, -0.2) is 16.6 Å². The molecule has 0 amide bonds. The standard InChI is InChI=1S/C8H7F3N4O/c1-2-16-6-3-5(8(9,10)11)14-7(15-6)13-4-12/h3H,2H2,1H3,(H,13,14,15). The fourth-order valence-electron chi connectivity index (χ4n) is 0.898. The van der Waals surface area contributed by atoms with Gasteiger partial charge in [-0.15, -0.1) is 0 Å². The van der Waals surface area contributed by atoms with Crippen LogP contribution >= 0.6 is 0 Å². The van der Waals surface area contributed by atoms with Gasteiger partial charge in [0.05, 0.1) is 6.61 Å². The Balaban J connectivity index is 3.14. The Kier molecular flexibility index (Phi) is 3.50. The number of halogens is 3. The van der Waals surface area contributed by atoms with E-state index in [1.807, 2.05) is 5.32 Å². The van der Waals surface area contributed by atoms with Gasteiger partial charge in [0, 0.05) is 6.07 Å². The molecule has 0 unspecified atom stereocenters. The lowest BCUT2D eigenvalue weighted by molar-refractivity contribution is -0.141. The highest BCUT2D eigenvalue weighted by atomic mass is 19.4. The Morgan fingerprint density at radius 2 is 2.19 bits per heavy atom. The molecule has 0 aliphatic heterocycles. The van der Waals surface area contributed by atoms with E-state index in [9.17, 15) is 13.2 Å². The number of alkyl halides is 3. The van der Waals surface area contributed by atoms with E-state index in [2.05, 4.69) is 9.97 Å². The van der Waals surface area contributed by atoms with Gasteiger partial charge in [-0.3, -0.25) is 5.32 Å². The molecule has 0 aliphatic rings. The fraction of sp³-hybridized carbons (Fsp3) is 0.375. The Morgan fingerprint density at radius 1 is 1.50 bits per heavy atom. The second-order valence-electron chi connectivity index (χ2n) is 2.58. The first-order valence-corrected chi connectivity index (χ1v) is 4.21. The van der Waals surface area contributed by atoms with Crippen LogP contribution in [0.15, 0.2) is 6.07 Å². The van der Waals surface area contributed by atoms with Gasteiger partial charge in [0.1, 0.15) is 0 Å². The molecular formula is C8H7F3N4O. The van der Waals surface area contributed by atoms with Gasteiger partial charge in [-0.1, -0.05) is 0 Å². The van der Waals surface area contributed by atoms with Crippen molar-refractivity contribution in [1.82, 2.24) is 9.97 Å². The molecule has 86 valence electrons. The Morgan fingerprint density at radius 3 is 2.69 bits per heavy atom. The van der Waals surface area contributed by atoms with Crippen molar-refractivity contribution in [2.75, 3.05) is 11.9 Å². The molecule has 0 fully saturated rings. The van der Waals surface area contributed by atoms with Crippen molar-refractivity contribution in [3.8, 4) is 12.1 Å². The van der Waals surface area contributed by atoms with Gasteiger partial charge in [-0.05, 0) is 6.92 Å². The molecule has 5 nitrogen and oxygen atoms in total. The molecule has 0 atom stereocenters. The summed E-state index contributed by atoms with van der Waals surface area (Å²) in [7, 11) is 0. The fourth-order valence-corrected chi connectivity index (χ4v) is 0.898. The first-order valence-electron chi connectivity index (χ1n) is 4.21. The van der Waals surface area contributed by atoms with E-state index >= 15 is 0 Å². The number of aromatic nitrogens is 2. The zero-order valence-corrected chi connectivity index (χ0v) is 8.17. The SMILES string of the molecule is CCOc1cc(C(F)(F)F)nc(NC#N)n1. The molecule has 1 aromatic heterocycles. The molecule has 0 spiro atoms. The zero-order valence-electron chi connectivity index (χ0n) is 8.17. The highest BCUT2D eigenvalue weighted by molar-refractivity contribution is 5.35. The third-order valence-corrected chi connectivity index (χ3v) is 1.45. The minimum Gasteiger partial charge on any atom is -0.478 e. The third kappa shape index (κ3) is 2.98. The lowest BCUT2D eigenvalue weighted by Crippen LogP contribution is -2.11. The number of nitrogens with one attached hydrogen (secondary N) is 1. The van der Waals surface area contributed by atoms with Crippen LogP contribution in [0.5, 0.6) is 5.88 Å². The van der Waals surface area contributed by atoms with Crippen LogP contribution in [0.2, 0.25) is 0 Å². The zero-order chi connectivity index (χ0) is 12.2. The van der Waals surface area contributed by atoms with Crippen molar-refractivity contribution in [1.29, 1.82) is 5.26 Å². The summed E-state index contributed by atoms with van der Waals surface area (Å²) in [4.78, 5) is 6.69. The highest BCUT2D eigenvalue weighted by Gasteiger charge is 2.34. The number of hydrogen-bond donors (Lipinski definition) is 1. The van der Waals surface area contributed by atoms with Gasteiger partial charge < -0.3 is 4.74 Å². The van der Waals surface area contributed by atoms with Crippen LogP contribution in [-0.2, 0) is 6.18 Å². The molecule has 0 saturated carbocycles. The summed E-state index contributed by atoms with van der Waals surface area (Å²) in [6.07, 6.45) is -3.18. The number of anilines is 1. The number of ether oxygens (including phenoxy) is 1. The molecule has 0 aliphatic carbocycles. The molecule has 0 radical (unpaired) electrons. The van der Waals surface area contributed by atoms with Crippen LogP contribution in [0.3, 0.4) is 0 Å². The van der Waals surface area contributed by atoms with E-state index in [-0.39, 0.29) is 12.5 Å². The van der Waals surface area contributed by atoms with Crippen molar-refractivity contribution >= 4 is 5.95 Å². The van der Waals surface area contributed by atoms with Crippen molar-refractivity contribution in [3.05, 3.63) is 11.8 Å². The number of nitriles is 1. The van der Waals surface area contributed by atoms with Gasteiger partial charge in [-0.25, -0.2) is 4.98 Å². The summed E-state index contributed by atoms with van der Waals surface area (Å²) in [6, 6.07) is 0.673. The Labute approximate surface area is 88.9 Å². The predicted molar refractivity (Wildman–Crippen MR) is 47.4 cm³/mol. The maximum Gasteiger partial charge on any atom is 0.433 e. The molecule has 1 aromatic rings. The van der Waals surface area contributed by atoms with Crippen molar-refractivity contribution < 1.29 is 17.9 Å². The Hall–Kier alpha value is -2.04. The minimum absolute atomic E-state index is 0.167. The van der Waals surface area contributed by atoms with E-state index in [1.165, 1.54) is 6.19 Å². The number of rotatable bonds is 3. The molecule has 0 saturated heterocycles. The molecular weight excluding hydrogens is 225 g/mol. The monoisotopic (exact) mass is 232 g/mol. The lowest BCUT2D eigenvalue weighted by atomic mass is 10.4. The summed E-state index contributed by atoms with van der Waals surface area (Å²) in [5.74, 6) is -0.677. The van der Waals surface area contributed by atoms with Crippen LogP contribution in [0.25, 0.3) is 0 Å². The highest BCUT2D eigenvalue weighted by Crippen LogP contribution is 2.30. The first kappa shape index (κ1) is 12.0. The van der Waals surface area contributed by atoms with Gasteiger partial charge in [0.25, 0.3) is 0 Å². The average Bonchev–Trinajstić information content (AvgIpc) is 2.17. The second-order valence-corrected chi connectivity index (χ2v) is 2.58. The minimum atomic E-state index is -4.61. The summed E-state index contributed by atoms with van der Waals surface area (Å²) >= 11 is 0. The normalized spacial score (nSPS) is 10.7. The van der Waals surface area contributed by atoms with E-state index in [4.69, 9.17) is 10.00 Å². The summed E-state index contributed by atoms with van der Waals surface area (Å²) in [5.41, 5.74) is -1.16. The van der Waals surface area contributed by atoms with E-state index in [1.54, 1.807) is 6.92 Å². The van der Waals surface area contributed by atoms with Crippen molar-refractivity contribution in [2.24, 2.45) is 0 Å². The summed E-state index contributed by atoms with van der Waals surface area (Å²) in [5, 5.41) is 10.2. The number of hydrogen-bond acceptors (Lipinski definition) is 5. The average molecular weight is 232 g/mol. The van der Waals surface area contributed by atoms with Gasteiger partial charge in [0.15, 0.2) is 11.9 Å². The van der Waals surface area contributed by atoms with Crippen molar-refractivity contribution in [3.63, 3.8) is 0 Å². The summed E-state index contributed by atoms with van der Waals surface area (Å²) < 4.78 is 41.9. The smallest absolute Gasteiger partial charge is 0.433 e. The van der Waals surface area contributed by atoms with Gasteiger partial charge in [-0.2, -0.15) is 23.4 Å². The molecule has 0 bridgehead atoms. The summed E-state index contributed by atoms with van der Waals surface area (Å²) in [6.45, 7) is 1.77. The predicted octanol–water partition coefficient (Wildman–Crippen LogP) is 1.79. The van der Waals surface area contributed by atoms with Gasteiger partial charge >= 0.3 is 6.18 Å². The Bertz CT molecular complexity index is 413. The van der Waals surface area contributed by atoms with Crippen molar-refractivity contribution in [2.45, 2.75) is 13.1 Å². The second kappa shape index (κ2) is 4.65.